The number of nitrogens with one attached hydrogen (secondary N) is 1. The third kappa shape index (κ3) is 5.95. The molecule has 0 spiro atoms. The Morgan fingerprint density at radius 1 is 0.931 bits per heavy atom. The third-order valence-corrected chi connectivity index (χ3v) is 5.10. The fourth-order valence-corrected chi connectivity index (χ4v) is 3.38. The fraction of sp³-hybridized carbons (Fsp3) is 0.333. The van der Waals surface area contributed by atoms with E-state index in [0.29, 0.717) is 19.5 Å². The van der Waals surface area contributed by atoms with Crippen molar-refractivity contribution in [3.63, 3.8) is 0 Å². The molecule has 29 heavy (non-hydrogen) atoms. The number of carbonyl (C=O) groups is 1. The molecule has 2 N–H and O–H groups in total. The molecule has 0 saturated heterocycles. The number of aromatic nitrogens is 2. The van der Waals surface area contributed by atoms with Gasteiger partial charge in [0.25, 0.3) is 0 Å². The van der Waals surface area contributed by atoms with Gasteiger partial charge in [-0.15, -0.1) is 0 Å². The molecule has 1 amide bonds. The van der Waals surface area contributed by atoms with E-state index in [-0.39, 0.29) is 0 Å². The summed E-state index contributed by atoms with van der Waals surface area (Å²) in [6, 6.07) is 18.7. The van der Waals surface area contributed by atoms with Crippen LogP contribution in [0.15, 0.2) is 60.8 Å². The number of nitrogens with zero attached hydrogens (tertiary/aromatic N) is 2. The molecule has 0 aliphatic rings. The van der Waals surface area contributed by atoms with Gasteiger partial charge in [-0.3, -0.25) is 0 Å². The maximum atomic E-state index is 11.5. The van der Waals surface area contributed by atoms with Crippen LogP contribution in [-0.2, 0) is 6.42 Å². The van der Waals surface area contributed by atoms with E-state index in [1.807, 2.05) is 24.4 Å². The smallest absolute Gasteiger partial charge is 0.407 e. The first kappa shape index (κ1) is 20.6. The molecule has 0 aliphatic carbocycles. The average molecular weight is 392 g/mol. The molecule has 0 atom stereocenters. The van der Waals surface area contributed by atoms with Crippen LogP contribution in [0, 0.1) is 0 Å². The van der Waals surface area contributed by atoms with Crippen molar-refractivity contribution < 1.29 is 9.90 Å². The van der Waals surface area contributed by atoms with Crippen molar-refractivity contribution in [2.24, 2.45) is 0 Å². The van der Waals surface area contributed by atoms with Gasteiger partial charge in [0.05, 0.1) is 11.9 Å². The first-order chi connectivity index (χ1) is 14.2. The van der Waals surface area contributed by atoms with E-state index in [4.69, 9.17) is 0 Å². The van der Waals surface area contributed by atoms with Gasteiger partial charge in [0.2, 0.25) is 0 Å². The lowest BCUT2D eigenvalue weighted by molar-refractivity contribution is 0.144. The summed E-state index contributed by atoms with van der Waals surface area (Å²) in [5.74, 6) is 0.812. The summed E-state index contributed by atoms with van der Waals surface area (Å²) in [4.78, 5) is 20.7. The molecule has 0 radical (unpaired) electrons. The monoisotopic (exact) mass is 391 g/mol. The summed E-state index contributed by atoms with van der Waals surface area (Å²) in [5, 5.41) is 9.41. The molecule has 2 aromatic carbocycles. The number of hydrogen-bond donors (Lipinski definition) is 2. The van der Waals surface area contributed by atoms with Crippen LogP contribution >= 0.6 is 0 Å². The minimum absolute atomic E-state index is 0.460. The van der Waals surface area contributed by atoms with Gasteiger partial charge in [0.1, 0.15) is 5.82 Å². The summed E-state index contributed by atoms with van der Waals surface area (Å²) in [6.07, 6.45) is 5.83. The van der Waals surface area contributed by atoms with E-state index in [9.17, 15) is 9.90 Å². The van der Waals surface area contributed by atoms with Gasteiger partial charge >= 0.3 is 6.09 Å². The average Bonchev–Trinajstić information content (AvgIpc) is 3.23. The molecule has 152 valence electrons. The van der Waals surface area contributed by atoms with E-state index in [0.717, 1.165) is 42.8 Å². The van der Waals surface area contributed by atoms with Crippen molar-refractivity contribution in [1.82, 2.24) is 14.9 Å². The molecular weight excluding hydrogens is 362 g/mol. The summed E-state index contributed by atoms with van der Waals surface area (Å²) < 4.78 is 0. The van der Waals surface area contributed by atoms with Crippen LogP contribution in [0.4, 0.5) is 4.79 Å². The van der Waals surface area contributed by atoms with Gasteiger partial charge in [0.15, 0.2) is 0 Å². The lowest BCUT2D eigenvalue weighted by Gasteiger charge is -2.18. The molecule has 1 aromatic heterocycles. The molecule has 0 unspecified atom stereocenters. The van der Waals surface area contributed by atoms with E-state index in [2.05, 4.69) is 53.3 Å². The highest BCUT2D eigenvalue weighted by Crippen LogP contribution is 2.23. The number of aromatic amines is 1. The number of unbranched alkanes of at least 4 members (excludes halogenated alkanes) is 3. The van der Waals surface area contributed by atoms with Crippen molar-refractivity contribution >= 4 is 6.09 Å². The number of rotatable bonds is 10. The zero-order valence-electron chi connectivity index (χ0n) is 17.0. The van der Waals surface area contributed by atoms with Crippen molar-refractivity contribution in [3.05, 3.63) is 66.6 Å². The Morgan fingerprint density at radius 3 is 2.31 bits per heavy atom. The van der Waals surface area contributed by atoms with Crippen LogP contribution in [0.3, 0.4) is 0 Å². The predicted octanol–water partition coefficient (Wildman–Crippen LogP) is 5.85. The Hall–Kier alpha value is -3.08. The Kier molecular flexibility index (Phi) is 7.45. The quantitative estimate of drug-likeness (QED) is 0.426. The molecule has 3 aromatic rings. The topological polar surface area (TPSA) is 69.2 Å². The second kappa shape index (κ2) is 10.5. The highest BCUT2D eigenvalue weighted by atomic mass is 16.4. The standard InChI is InChI=1S/C24H29N3O2/c1-2-3-4-8-16-27(24(28)29)17-15-23-25-18-22(26-23)21-13-11-20(12-14-21)19-9-6-5-7-10-19/h5-7,9-14,18H,2-4,8,15-17H2,1H3,(H,25,26)(H,28,29). The molecule has 0 fully saturated rings. The van der Waals surface area contributed by atoms with Crippen LogP contribution in [0.1, 0.15) is 38.4 Å². The van der Waals surface area contributed by atoms with Gasteiger partial charge in [-0.1, -0.05) is 80.8 Å². The second-order valence-corrected chi connectivity index (χ2v) is 7.27. The Balaban J connectivity index is 1.58. The first-order valence-corrected chi connectivity index (χ1v) is 10.3. The number of imidazole rings is 1. The van der Waals surface area contributed by atoms with Crippen LogP contribution in [0.25, 0.3) is 22.4 Å². The van der Waals surface area contributed by atoms with E-state index < -0.39 is 6.09 Å². The minimum atomic E-state index is -0.857. The summed E-state index contributed by atoms with van der Waals surface area (Å²) >= 11 is 0. The lowest BCUT2D eigenvalue weighted by Crippen LogP contribution is -2.32. The van der Waals surface area contributed by atoms with Crippen LogP contribution < -0.4 is 0 Å². The van der Waals surface area contributed by atoms with Gasteiger partial charge in [-0.25, -0.2) is 9.78 Å². The van der Waals surface area contributed by atoms with Gasteiger partial charge in [0, 0.05) is 19.5 Å². The van der Waals surface area contributed by atoms with Gasteiger partial charge in [-0.2, -0.15) is 0 Å². The van der Waals surface area contributed by atoms with Gasteiger partial charge < -0.3 is 15.0 Å². The zero-order valence-corrected chi connectivity index (χ0v) is 17.0. The number of H-pyrrole nitrogens is 1. The number of benzene rings is 2. The molecule has 0 saturated carbocycles. The van der Waals surface area contributed by atoms with Crippen molar-refractivity contribution in [2.45, 2.75) is 39.0 Å². The summed E-state index contributed by atoms with van der Waals surface area (Å²) in [6.45, 7) is 3.20. The van der Waals surface area contributed by atoms with Crippen LogP contribution in [0.2, 0.25) is 0 Å². The predicted molar refractivity (Wildman–Crippen MR) is 117 cm³/mol. The molecule has 0 aliphatic heterocycles. The van der Waals surface area contributed by atoms with Crippen molar-refractivity contribution in [1.29, 1.82) is 0 Å². The Labute approximate surface area is 172 Å². The van der Waals surface area contributed by atoms with E-state index >= 15 is 0 Å². The van der Waals surface area contributed by atoms with E-state index in [1.54, 1.807) is 0 Å². The SMILES string of the molecule is CCCCCCN(CCc1ncc(-c2ccc(-c3ccccc3)cc2)[nH]1)C(=O)O. The molecule has 5 heteroatoms. The second-order valence-electron chi connectivity index (χ2n) is 7.27. The number of hydrogen-bond acceptors (Lipinski definition) is 2. The normalized spacial score (nSPS) is 10.8. The van der Waals surface area contributed by atoms with Gasteiger partial charge in [-0.05, 0) is 23.1 Å². The molecular formula is C24H29N3O2. The highest BCUT2D eigenvalue weighted by molar-refractivity contribution is 5.68. The zero-order chi connectivity index (χ0) is 20.5. The van der Waals surface area contributed by atoms with Crippen LogP contribution in [0.5, 0.6) is 0 Å². The third-order valence-electron chi connectivity index (χ3n) is 5.10. The molecule has 3 rings (SSSR count). The Morgan fingerprint density at radius 2 is 1.62 bits per heavy atom. The van der Waals surface area contributed by atoms with E-state index in [1.165, 1.54) is 16.0 Å². The summed E-state index contributed by atoms with van der Waals surface area (Å²) in [7, 11) is 0. The number of amides is 1. The molecule has 0 bridgehead atoms. The number of carboxylic acid groups (broad SMARTS) is 1. The maximum Gasteiger partial charge on any atom is 0.407 e. The fourth-order valence-electron chi connectivity index (χ4n) is 3.38. The highest BCUT2D eigenvalue weighted by Gasteiger charge is 2.12. The Bertz CT molecular complexity index is 888. The first-order valence-electron chi connectivity index (χ1n) is 10.3. The minimum Gasteiger partial charge on any atom is -0.465 e. The van der Waals surface area contributed by atoms with Crippen LogP contribution in [-0.4, -0.2) is 39.2 Å². The maximum absolute atomic E-state index is 11.5. The summed E-state index contributed by atoms with van der Waals surface area (Å²) in [5.41, 5.74) is 4.38. The lowest BCUT2D eigenvalue weighted by atomic mass is 10.0. The molecule has 5 nitrogen and oxygen atoms in total. The van der Waals surface area contributed by atoms with Crippen molar-refractivity contribution in [2.75, 3.05) is 13.1 Å². The largest absolute Gasteiger partial charge is 0.465 e. The molecule has 1 heterocycles. The van der Waals surface area contributed by atoms with Crippen molar-refractivity contribution in [3.8, 4) is 22.4 Å².